The molecule has 2 aliphatic rings. The minimum absolute atomic E-state index is 0.00374. The van der Waals surface area contributed by atoms with Gasteiger partial charge in [0, 0.05) is 36.8 Å². The molecule has 2 unspecified atom stereocenters. The number of likely N-dealkylation sites (tertiary alicyclic amines) is 2. The molecule has 4 heterocycles. The van der Waals surface area contributed by atoms with Gasteiger partial charge in [-0.25, -0.2) is 8.78 Å². The van der Waals surface area contributed by atoms with Gasteiger partial charge >= 0.3 is 6.01 Å². The fourth-order valence-electron chi connectivity index (χ4n) is 6.16. The molecule has 228 valence electrons. The number of ether oxygens (including phenoxy) is 1. The van der Waals surface area contributed by atoms with Crippen molar-refractivity contribution in [3.63, 3.8) is 0 Å². The first-order valence-corrected chi connectivity index (χ1v) is 14.6. The van der Waals surface area contributed by atoms with Crippen LogP contribution in [0, 0.1) is 24.0 Å². The number of terminal acetylenes is 1. The largest absolute Gasteiger partial charge is 0.467 e. The lowest BCUT2D eigenvalue weighted by molar-refractivity contribution is -0.126. The van der Waals surface area contributed by atoms with Gasteiger partial charge in [0.25, 0.3) is 0 Å². The Morgan fingerprint density at radius 3 is 2.57 bits per heavy atom. The topological polar surface area (TPSA) is 74.7 Å². The fraction of sp³-hybridized carbons (Fsp3) is 0.353. The average Bonchev–Trinajstić information content (AvgIpc) is 3.68. The highest BCUT2D eigenvalue weighted by molar-refractivity contribution is 6.02. The van der Waals surface area contributed by atoms with Gasteiger partial charge in [-0.05, 0) is 63.9 Å². The predicted octanol–water partition coefficient (Wildman–Crippen LogP) is 5.44. The number of hydrogen-bond acceptors (Lipinski definition) is 7. The van der Waals surface area contributed by atoms with Crippen molar-refractivity contribution in [2.24, 2.45) is 0 Å². The maximum absolute atomic E-state index is 16.2. The number of nitrogens with zero attached hydrogens (tertiary/aromatic N) is 6. The Morgan fingerprint density at radius 2 is 1.93 bits per heavy atom. The third-order valence-electron chi connectivity index (χ3n) is 8.55. The molecule has 0 bridgehead atoms. The number of amides is 1. The Labute approximate surface area is 256 Å². The normalized spacial score (nSPS) is 18.2. The Balaban J connectivity index is 0.000000573. The Hall–Kier alpha value is -4.62. The van der Waals surface area contributed by atoms with Crippen LogP contribution in [0.25, 0.3) is 32.9 Å². The second-order valence-electron chi connectivity index (χ2n) is 11.1. The van der Waals surface area contributed by atoms with Crippen LogP contribution in [-0.2, 0) is 4.79 Å². The SMILES string of the molecule is C#Cc1c(F)ccc2cccc(-c3ncc4c(N(C)C5CCN(C(=O)C=C)C5C)nc(OC)nc4c3F)c12.CN1CCCC1. The van der Waals surface area contributed by atoms with E-state index in [1.807, 2.05) is 18.9 Å². The van der Waals surface area contributed by atoms with E-state index in [0.29, 0.717) is 40.5 Å². The number of benzene rings is 2. The number of carbonyl (C=O) groups is 1. The van der Waals surface area contributed by atoms with Crippen LogP contribution in [0.2, 0.25) is 0 Å². The lowest BCUT2D eigenvalue weighted by Crippen LogP contribution is -2.43. The van der Waals surface area contributed by atoms with Crippen LogP contribution in [-0.4, -0.2) is 83.6 Å². The zero-order chi connectivity index (χ0) is 31.5. The van der Waals surface area contributed by atoms with Crippen LogP contribution in [0.15, 0.2) is 49.2 Å². The number of carbonyl (C=O) groups excluding carboxylic acids is 1. The lowest BCUT2D eigenvalue weighted by atomic mass is 9.96. The van der Waals surface area contributed by atoms with Crippen LogP contribution in [0.5, 0.6) is 6.01 Å². The highest BCUT2D eigenvalue weighted by atomic mass is 19.1. The summed E-state index contributed by atoms with van der Waals surface area (Å²) < 4.78 is 36.1. The third-order valence-corrected chi connectivity index (χ3v) is 8.55. The predicted molar refractivity (Wildman–Crippen MR) is 170 cm³/mol. The summed E-state index contributed by atoms with van der Waals surface area (Å²) in [5.41, 5.74) is 0.374. The standard InChI is InChI=1S/C29H25F2N5O2.C5H11N/c1-6-18-21(30)12-11-17-9-8-10-19(24(17)18)26-25(31)27-20(15-32-26)28(34-29(33-27)38-5)35(4)22-13-14-36(16(22)3)23(37)7-2;1-6-4-2-3-5-6/h1,7-12,15-16,22H,2,13-14H2,3-5H3;2-5H2,1H3. The molecule has 0 aliphatic carbocycles. The second-order valence-corrected chi connectivity index (χ2v) is 11.1. The quantitative estimate of drug-likeness (QED) is 0.224. The number of aromatic nitrogens is 3. The zero-order valence-corrected chi connectivity index (χ0v) is 25.5. The minimum Gasteiger partial charge on any atom is -0.467 e. The van der Waals surface area contributed by atoms with E-state index in [-0.39, 0.29) is 40.8 Å². The molecule has 4 aromatic rings. The van der Waals surface area contributed by atoms with Crippen LogP contribution >= 0.6 is 0 Å². The summed E-state index contributed by atoms with van der Waals surface area (Å²) in [4.78, 5) is 31.5. The van der Waals surface area contributed by atoms with Gasteiger partial charge in [-0.15, -0.1) is 6.42 Å². The molecule has 2 saturated heterocycles. The van der Waals surface area contributed by atoms with E-state index in [1.54, 1.807) is 29.2 Å². The van der Waals surface area contributed by atoms with Crippen molar-refractivity contribution in [3.8, 4) is 29.6 Å². The minimum atomic E-state index is -0.708. The van der Waals surface area contributed by atoms with Gasteiger partial charge in [0.15, 0.2) is 5.82 Å². The number of anilines is 1. The van der Waals surface area contributed by atoms with Gasteiger partial charge in [-0.2, -0.15) is 9.97 Å². The summed E-state index contributed by atoms with van der Waals surface area (Å²) in [6.07, 6.45) is 11.9. The highest BCUT2D eigenvalue weighted by Crippen LogP contribution is 2.37. The van der Waals surface area contributed by atoms with E-state index < -0.39 is 11.6 Å². The monoisotopic (exact) mass is 598 g/mol. The van der Waals surface area contributed by atoms with Crippen molar-refractivity contribution in [1.82, 2.24) is 24.8 Å². The van der Waals surface area contributed by atoms with Gasteiger partial charge in [0.05, 0.1) is 24.1 Å². The van der Waals surface area contributed by atoms with E-state index >= 15 is 4.39 Å². The number of methoxy groups -OCH3 is 1. The molecule has 0 N–H and O–H groups in total. The molecule has 2 aromatic heterocycles. The van der Waals surface area contributed by atoms with Crippen molar-refractivity contribution >= 4 is 33.4 Å². The Morgan fingerprint density at radius 1 is 1.18 bits per heavy atom. The van der Waals surface area contributed by atoms with Gasteiger partial charge < -0.3 is 19.4 Å². The molecule has 0 spiro atoms. The molecular formula is C34H36F2N6O2. The van der Waals surface area contributed by atoms with Crippen LogP contribution in [0.3, 0.4) is 0 Å². The Bertz CT molecular complexity index is 1770. The summed E-state index contributed by atoms with van der Waals surface area (Å²) in [6, 6.07) is 7.80. The zero-order valence-electron chi connectivity index (χ0n) is 25.5. The maximum atomic E-state index is 16.2. The number of fused-ring (bicyclic) bond motifs is 2. The molecular weight excluding hydrogens is 562 g/mol. The number of pyridine rings is 1. The van der Waals surface area contributed by atoms with Crippen molar-refractivity contribution in [1.29, 1.82) is 0 Å². The first-order chi connectivity index (χ1) is 21.2. The summed E-state index contributed by atoms with van der Waals surface area (Å²) in [6.45, 7) is 8.74. The van der Waals surface area contributed by atoms with E-state index in [9.17, 15) is 9.18 Å². The molecule has 44 heavy (non-hydrogen) atoms. The van der Waals surface area contributed by atoms with Crippen molar-refractivity contribution in [2.45, 2.75) is 38.3 Å². The second kappa shape index (κ2) is 12.9. The smallest absolute Gasteiger partial charge is 0.318 e. The summed E-state index contributed by atoms with van der Waals surface area (Å²) in [5, 5.41) is 1.43. The number of halogens is 2. The molecule has 1 amide bonds. The van der Waals surface area contributed by atoms with E-state index in [2.05, 4.69) is 39.4 Å². The molecule has 6 rings (SSSR count). The van der Waals surface area contributed by atoms with Crippen molar-refractivity contribution < 1.29 is 18.3 Å². The summed E-state index contributed by atoms with van der Waals surface area (Å²) in [7, 11) is 5.41. The summed E-state index contributed by atoms with van der Waals surface area (Å²) in [5.74, 6) is 1.38. The number of likely N-dealkylation sites (N-methyl/N-ethyl adjacent to an activating group) is 1. The summed E-state index contributed by atoms with van der Waals surface area (Å²) >= 11 is 0. The number of rotatable bonds is 5. The molecule has 0 saturated carbocycles. The molecule has 2 atom stereocenters. The van der Waals surface area contributed by atoms with Gasteiger partial charge in [-0.3, -0.25) is 9.78 Å². The van der Waals surface area contributed by atoms with E-state index in [0.717, 1.165) is 0 Å². The number of hydrogen-bond donors (Lipinski definition) is 0. The van der Waals surface area contributed by atoms with Crippen molar-refractivity contribution in [3.05, 3.63) is 66.4 Å². The van der Waals surface area contributed by atoms with E-state index in [4.69, 9.17) is 11.2 Å². The van der Waals surface area contributed by atoms with Crippen LogP contribution in [0.1, 0.15) is 31.7 Å². The Kier molecular flexibility index (Phi) is 9.06. The highest BCUT2D eigenvalue weighted by Gasteiger charge is 2.36. The first-order valence-electron chi connectivity index (χ1n) is 14.6. The molecule has 2 fully saturated rings. The fourth-order valence-corrected chi connectivity index (χ4v) is 6.16. The first kappa shape index (κ1) is 30.8. The van der Waals surface area contributed by atoms with Gasteiger partial charge in [0.1, 0.15) is 22.8 Å². The maximum Gasteiger partial charge on any atom is 0.318 e. The third kappa shape index (κ3) is 5.67. The van der Waals surface area contributed by atoms with Crippen LogP contribution in [0.4, 0.5) is 14.6 Å². The van der Waals surface area contributed by atoms with Gasteiger partial charge in [-0.1, -0.05) is 36.8 Å². The van der Waals surface area contributed by atoms with Gasteiger partial charge in [0.2, 0.25) is 5.91 Å². The van der Waals surface area contributed by atoms with E-state index in [1.165, 1.54) is 51.4 Å². The molecule has 0 radical (unpaired) electrons. The van der Waals surface area contributed by atoms with Crippen molar-refractivity contribution in [2.75, 3.05) is 45.7 Å². The lowest BCUT2D eigenvalue weighted by Gasteiger charge is -2.31. The van der Waals surface area contributed by atoms with Crippen LogP contribution < -0.4 is 9.64 Å². The molecule has 2 aromatic carbocycles. The molecule has 8 nitrogen and oxygen atoms in total. The molecule has 10 heteroatoms. The molecule has 2 aliphatic heterocycles. The average molecular weight is 599 g/mol.